The summed E-state index contributed by atoms with van der Waals surface area (Å²) in [6.07, 6.45) is 0. The largest absolute Gasteiger partial charge is 0.336 e. The van der Waals surface area contributed by atoms with Gasteiger partial charge in [0.1, 0.15) is 0 Å². The Morgan fingerprint density at radius 1 is 1.11 bits per heavy atom. The van der Waals surface area contributed by atoms with Crippen molar-refractivity contribution in [3.05, 3.63) is 45.2 Å². The molecule has 1 fully saturated rings. The van der Waals surface area contributed by atoms with Crippen molar-refractivity contribution in [3.63, 3.8) is 0 Å². The third-order valence-electron chi connectivity index (χ3n) is 4.92. The van der Waals surface area contributed by atoms with Gasteiger partial charge in [0.05, 0.1) is 10.6 Å². The van der Waals surface area contributed by atoms with Crippen LogP contribution in [0.4, 0.5) is 5.69 Å². The van der Waals surface area contributed by atoms with Crippen LogP contribution in [0.25, 0.3) is 0 Å². The Kier molecular flexibility index (Phi) is 5.92. The molecule has 6 nitrogen and oxygen atoms in total. The Balaban J connectivity index is 1.84. The molecule has 3 rings (SSSR count). The lowest BCUT2D eigenvalue weighted by molar-refractivity contribution is 0.0664. The summed E-state index contributed by atoms with van der Waals surface area (Å²) in [5.74, 6) is 0.137. The van der Waals surface area contributed by atoms with Gasteiger partial charge >= 0.3 is 0 Å². The van der Waals surface area contributed by atoms with Crippen molar-refractivity contribution >= 4 is 28.7 Å². The fourth-order valence-electron chi connectivity index (χ4n) is 3.25. The highest BCUT2D eigenvalue weighted by Crippen LogP contribution is 2.17. The van der Waals surface area contributed by atoms with Gasteiger partial charge in [0, 0.05) is 50.9 Å². The first kappa shape index (κ1) is 19.5. The smallest absolute Gasteiger partial charge is 0.253 e. The molecule has 27 heavy (non-hydrogen) atoms. The van der Waals surface area contributed by atoms with Crippen LogP contribution in [0.2, 0.25) is 0 Å². The number of Topliss-reactive ketones (excluding diaryl/α,β-unsaturated/α-hetero) is 1. The van der Waals surface area contributed by atoms with Gasteiger partial charge < -0.3 is 14.4 Å². The van der Waals surface area contributed by atoms with E-state index in [1.807, 2.05) is 47.6 Å². The highest BCUT2D eigenvalue weighted by atomic mass is 32.1. The molecule has 0 unspecified atom stereocenters. The third-order valence-corrected chi connectivity index (χ3v) is 6.20. The summed E-state index contributed by atoms with van der Waals surface area (Å²) in [4.78, 5) is 34.8. The molecule has 2 aromatic rings. The molecule has 1 aliphatic heterocycles. The third kappa shape index (κ3) is 4.20. The Bertz CT molecular complexity index is 903. The van der Waals surface area contributed by atoms with Gasteiger partial charge in [-0.25, -0.2) is 4.99 Å². The highest BCUT2D eigenvalue weighted by molar-refractivity contribution is 7.11. The molecule has 0 radical (unpaired) electrons. The van der Waals surface area contributed by atoms with Crippen LogP contribution < -0.4 is 4.80 Å². The fraction of sp³-hybridized carbons (Fsp3) is 0.450. The average molecular weight is 387 g/mol. The number of benzene rings is 1. The zero-order valence-electron chi connectivity index (χ0n) is 16.4. The molecule has 0 atom stereocenters. The van der Waals surface area contributed by atoms with Gasteiger partial charge in [0.25, 0.3) is 5.91 Å². The minimum absolute atomic E-state index is 0.0641. The van der Waals surface area contributed by atoms with E-state index in [-0.39, 0.29) is 11.7 Å². The number of aromatic nitrogens is 1. The Morgan fingerprint density at radius 2 is 1.74 bits per heavy atom. The molecule has 1 amide bonds. The zero-order valence-corrected chi connectivity index (χ0v) is 17.2. The monoisotopic (exact) mass is 386 g/mol. The molecule has 2 heterocycles. The van der Waals surface area contributed by atoms with Crippen molar-refractivity contribution < 1.29 is 9.59 Å². The first-order valence-electron chi connectivity index (χ1n) is 9.24. The number of thiazole rings is 1. The van der Waals surface area contributed by atoms with Crippen LogP contribution in [0.15, 0.2) is 29.3 Å². The van der Waals surface area contributed by atoms with E-state index in [2.05, 4.69) is 11.9 Å². The fourth-order valence-corrected chi connectivity index (χ4v) is 4.36. The van der Waals surface area contributed by atoms with Gasteiger partial charge in [-0.2, -0.15) is 0 Å². The molecule has 1 saturated heterocycles. The molecule has 1 aromatic heterocycles. The zero-order chi connectivity index (χ0) is 19.6. The van der Waals surface area contributed by atoms with Crippen molar-refractivity contribution in [2.24, 2.45) is 4.99 Å². The SMILES string of the molecule is CCn1c(C)c(C(C)=O)s/c1=N/c1ccc(C(=O)N2CCN(C)CC2)cc1. The maximum atomic E-state index is 12.6. The molecule has 0 saturated carbocycles. The second-order valence-electron chi connectivity index (χ2n) is 6.85. The van der Waals surface area contributed by atoms with Crippen molar-refractivity contribution in [2.45, 2.75) is 27.3 Å². The van der Waals surface area contributed by atoms with Gasteiger partial charge in [0.2, 0.25) is 0 Å². The maximum Gasteiger partial charge on any atom is 0.253 e. The molecule has 7 heteroatoms. The van der Waals surface area contributed by atoms with Gasteiger partial charge in [-0.15, -0.1) is 0 Å². The molecule has 0 bridgehead atoms. The van der Waals surface area contributed by atoms with E-state index in [1.54, 1.807) is 6.92 Å². The van der Waals surface area contributed by atoms with E-state index in [1.165, 1.54) is 11.3 Å². The summed E-state index contributed by atoms with van der Waals surface area (Å²) in [6, 6.07) is 7.40. The van der Waals surface area contributed by atoms with E-state index in [0.717, 1.165) is 53.8 Å². The second-order valence-corrected chi connectivity index (χ2v) is 7.83. The molecule has 0 N–H and O–H groups in total. The number of carbonyl (C=O) groups excluding carboxylic acids is 2. The van der Waals surface area contributed by atoms with Crippen molar-refractivity contribution in [3.8, 4) is 0 Å². The summed E-state index contributed by atoms with van der Waals surface area (Å²) in [7, 11) is 2.07. The minimum Gasteiger partial charge on any atom is -0.336 e. The predicted octanol–water partition coefficient (Wildman–Crippen LogP) is 2.70. The van der Waals surface area contributed by atoms with Gasteiger partial charge in [-0.1, -0.05) is 11.3 Å². The van der Waals surface area contributed by atoms with E-state index in [4.69, 9.17) is 4.99 Å². The first-order chi connectivity index (χ1) is 12.9. The molecular formula is C20H26N4O2S. The van der Waals surface area contributed by atoms with Crippen LogP contribution in [0.1, 0.15) is 39.6 Å². The number of nitrogens with zero attached hydrogens (tertiary/aromatic N) is 4. The maximum absolute atomic E-state index is 12.6. The number of hydrogen-bond donors (Lipinski definition) is 0. The topological polar surface area (TPSA) is 57.9 Å². The van der Waals surface area contributed by atoms with Gasteiger partial charge in [-0.05, 0) is 45.2 Å². The molecule has 0 aliphatic carbocycles. The van der Waals surface area contributed by atoms with Crippen molar-refractivity contribution in [1.82, 2.24) is 14.4 Å². The van der Waals surface area contributed by atoms with Crippen LogP contribution in [0.3, 0.4) is 0 Å². The quantitative estimate of drug-likeness (QED) is 0.759. The van der Waals surface area contributed by atoms with Gasteiger partial charge in [0.15, 0.2) is 10.6 Å². The second kappa shape index (κ2) is 8.19. The number of rotatable bonds is 4. The van der Waals surface area contributed by atoms with E-state index >= 15 is 0 Å². The average Bonchev–Trinajstić information content (AvgIpc) is 2.98. The standard InChI is InChI=1S/C20H26N4O2S/c1-5-24-14(2)18(15(3)25)27-20(24)21-17-8-6-16(7-9-17)19(26)23-12-10-22(4)11-13-23/h6-9H,5,10-13H2,1-4H3/b21-20+. The van der Waals surface area contributed by atoms with Crippen molar-refractivity contribution in [2.75, 3.05) is 33.2 Å². The normalized spacial score (nSPS) is 16.0. The number of amides is 1. The lowest BCUT2D eigenvalue weighted by Gasteiger charge is -2.32. The summed E-state index contributed by atoms with van der Waals surface area (Å²) in [5, 5.41) is 0. The van der Waals surface area contributed by atoms with Crippen LogP contribution in [0, 0.1) is 6.92 Å². The van der Waals surface area contributed by atoms with Crippen LogP contribution in [-0.2, 0) is 6.54 Å². The lowest BCUT2D eigenvalue weighted by atomic mass is 10.1. The Hall–Kier alpha value is -2.25. The van der Waals surface area contributed by atoms with E-state index < -0.39 is 0 Å². The molecular weight excluding hydrogens is 360 g/mol. The molecule has 0 spiro atoms. The Morgan fingerprint density at radius 3 is 2.30 bits per heavy atom. The van der Waals surface area contributed by atoms with Crippen LogP contribution in [-0.4, -0.2) is 59.3 Å². The number of hydrogen-bond acceptors (Lipinski definition) is 5. The lowest BCUT2D eigenvalue weighted by Crippen LogP contribution is -2.47. The van der Waals surface area contributed by atoms with Crippen molar-refractivity contribution in [1.29, 1.82) is 0 Å². The predicted molar refractivity (Wildman–Crippen MR) is 108 cm³/mol. The summed E-state index contributed by atoms with van der Waals surface area (Å²) >= 11 is 1.41. The number of piperazine rings is 1. The summed E-state index contributed by atoms with van der Waals surface area (Å²) in [5.41, 5.74) is 2.42. The summed E-state index contributed by atoms with van der Waals surface area (Å²) < 4.78 is 2.05. The Labute approximate surface area is 163 Å². The van der Waals surface area contributed by atoms with Gasteiger partial charge in [-0.3, -0.25) is 9.59 Å². The minimum atomic E-state index is 0.0641. The summed E-state index contributed by atoms with van der Waals surface area (Å²) in [6.45, 7) is 9.68. The first-order valence-corrected chi connectivity index (χ1v) is 10.1. The number of likely N-dealkylation sites (N-methyl/N-ethyl adjacent to an activating group) is 1. The highest BCUT2D eigenvalue weighted by Gasteiger charge is 2.20. The van der Waals surface area contributed by atoms with E-state index in [9.17, 15) is 9.59 Å². The molecule has 144 valence electrons. The van der Waals surface area contributed by atoms with Crippen LogP contribution >= 0.6 is 11.3 Å². The number of ketones is 1. The number of carbonyl (C=O) groups is 2. The van der Waals surface area contributed by atoms with E-state index in [0.29, 0.717) is 5.56 Å². The van der Waals surface area contributed by atoms with Crippen LogP contribution in [0.5, 0.6) is 0 Å². The molecule has 1 aliphatic rings. The molecule has 1 aromatic carbocycles.